The minimum Gasteiger partial charge on any atom is -0.426 e. The van der Waals surface area contributed by atoms with Crippen molar-refractivity contribution < 1.29 is 38.2 Å². The Morgan fingerprint density at radius 2 is 1.14 bits per heavy atom. The van der Waals surface area contributed by atoms with Crippen LogP contribution in [0.15, 0.2) is 0 Å². The molecule has 0 fully saturated rings. The molecule has 0 aliphatic rings. The van der Waals surface area contributed by atoms with Crippen LogP contribution in [0, 0.1) is 11.8 Å². The molecule has 2 unspecified atom stereocenters. The smallest absolute Gasteiger partial charge is 0.331 e. The molecule has 35 heavy (non-hydrogen) atoms. The number of nitrogens with one attached hydrogen (secondary N) is 4. The molecule has 4 N–H and O–H groups in total. The van der Waals surface area contributed by atoms with Gasteiger partial charge < -0.3 is 30.7 Å². The molecule has 0 aliphatic carbocycles. The Bertz CT molecular complexity index is 724. The minimum absolute atomic E-state index is 0. The molecule has 0 aromatic heterocycles. The number of rotatable bonds is 16. The first-order chi connectivity index (χ1) is 15.8. The molecule has 0 heterocycles. The first-order valence-corrected chi connectivity index (χ1v) is 11.2. The van der Waals surface area contributed by atoms with E-state index in [0.29, 0.717) is 0 Å². The number of hydrogen-bond donors (Lipinski definition) is 4. The van der Waals surface area contributed by atoms with Crippen LogP contribution < -0.4 is 21.3 Å². The van der Waals surface area contributed by atoms with Crippen molar-refractivity contribution in [2.45, 2.75) is 79.8 Å². The lowest BCUT2D eigenvalue weighted by Gasteiger charge is -2.21. The molecule has 0 rings (SSSR count). The first-order valence-electron chi connectivity index (χ1n) is 11.2. The lowest BCUT2D eigenvalue weighted by molar-refractivity contribution is -0.171. The summed E-state index contributed by atoms with van der Waals surface area (Å²) in [5.74, 6) is -3.71. The molecular formula is C23H42N4O8. The Balaban J connectivity index is 0. The van der Waals surface area contributed by atoms with Crippen LogP contribution in [0.1, 0.15) is 67.7 Å². The molecule has 202 valence electrons. The molecular weight excluding hydrogens is 460 g/mol. The maximum atomic E-state index is 12.5. The molecule has 2 atom stereocenters. The van der Waals surface area contributed by atoms with Gasteiger partial charge >= 0.3 is 11.9 Å². The van der Waals surface area contributed by atoms with E-state index in [1.165, 1.54) is 6.92 Å². The normalized spacial score (nSPS) is 12.1. The maximum Gasteiger partial charge on any atom is 0.331 e. The molecule has 0 saturated carbocycles. The number of carbonyl (C=O) groups is 6. The van der Waals surface area contributed by atoms with E-state index in [1.807, 2.05) is 27.7 Å². The average molecular weight is 503 g/mol. The van der Waals surface area contributed by atoms with E-state index >= 15 is 0 Å². The van der Waals surface area contributed by atoms with E-state index < -0.39 is 55.0 Å². The lowest BCUT2D eigenvalue weighted by atomic mass is 10.0. The zero-order valence-corrected chi connectivity index (χ0v) is 20.8. The van der Waals surface area contributed by atoms with E-state index in [1.54, 1.807) is 7.05 Å². The van der Waals surface area contributed by atoms with Gasteiger partial charge in [0.15, 0.2) is 0 Å². The second-order valence-corrected chi connectivity index (χ2v) is 8.73. The molecule has 0 saturated heterocycles. The number of carbonyl (C=O) groups excluding carboxylic acids is 6. The van der Waals surface area contributed by atoms with Crippen LogP contribution in [-0.2, 0) is 38.2 Å². The highest BCUT2D eigenvalue weighted by Crippen LogP contribution is 2.09. The van der Waals surface area contributed by atoms with Crippen molar-refractivity contribution in [2.24, 2.45) is 11.8 Å². The highest BCUT2D eigenvalue weighted by molar-refractivity contribution is 5.99. The Hall–Kier alpha value is -3.02. The van der Waals surface area contributed by atoms with Crippen molar-refractivity contribution in [1.29, 1.82) is 0 Å². The largest absolute Gasteiger partial charge is 0.426 e. The van der Waals surface area contributed by atoms with Crippen LogP contribution in [0.5, 0.6) is 0 Å². The van der Waals surface area contributed by atoms with Crippen molar-refractivity contribution in [3.8, 4) is 0 Å². The number of amides is 3. The number of ether oxygens (including phenoxy) is 2. The fourth-order valence-corrected chi connectivity index (χ4v) is 2.83. The Labute approximate surface area is 207 Å². The standard InChI is InChI=1S/C22H38N4O8.CH4/c1-13(2)7-16(25-19(29)9-15(5)27)21(31)33-12-34-22(32)17(8-14(3)4)26-20(30)10-18(28)24-11-23-6;/h13-14,16-17,23H,7-12H2,1-6H3,(H,24,28)(H,25,29)(H,26,30);1H4. The van der Waals surface area contributed by atoms with Gasteiger partial charge in [0.25, 0.3) is 0 Å². The van der Waals surface area contributed by atoms with Gasteiger partial charge in [0, 0.05) is 0 Å². The molecule has 0 aliphatic heterocycles. The van der Waals surface area contributed by atoms with Crippen LogP contribution in [0.3, 0.4) is 0 Å². The number of esters is 2. The summed E-state index contributed by atoms with van der Waals surface area (Å²) < 4.78 is 9.98. The van der Waals surface area contributed by atoms with Crippen molar-refractivity contribution in [1.82, 2.24) is 21.3 Å². The average Bonchev–Trinajstić information content (AvgIpc) is 2.69. The Morgan fingerprint density at radius 1 is 0.714 bits per heavy atom. The van der Waals surface area contributed by atoms with Crippen molar-refractivity contribution in [3.05, 3.63) is 0 Å². The molecule has 0 aromatic carbocycles. The first kappa shape index (κ1) is 34.1. The van der Waals surface area contributed by atoms with Gasteiger partial charge in [-0.25, -0.2) is 9.59 Å². The summed E-state index contributed by atoms with van der Waals surface area (Å²) in [5.41, 5.74) is 0. The molecule has 3 amide bonds. The van der Waals surface area contributed by atoms with Crippen LogP contribution in [-0.4, -0.2) is 68.0 Å². The van der Waals surface area contributed by atoms with Gasteiger partial charge in [0.1, 0.15) is 24.3 Å². The summed E-state index contributed by atoms with van der Waals surface area (Å²) in [7, 11) is 1.63. The zero-order valence-electron chi connectivity index (χ0n) is 20.8. The van der Waals surface area contributed by atoms with Gasteiger partial charge in [-0.1, -0.05) is 35.1 Å². The highest BCUT2D eigenvalue weighted by atomic mass is 16.7. The van der Waals surface area contributed by atoms with Crippen LogP contribution in [0.25, 0.3) is 0 Å². The lowest BCUT2D eigenvalue weighted by Crippen LogP contribution is -2.45. The third-order valence-electron chi connectivity index (χ3n) is 4.25. The van der Waals surface area contributed by atoms with E-state index in [-0.39, 0.29) is 51.0 Å². The van der Waals surface area contributed by atoms with Crippen LogP contribution in [0.4, 0.5) is 0 Å². The molecule has 0 spiro atoms. The van der Waals surface area contributed by atoms with Gasteiger partial charge in [0.05, 0.1) is 13.1 Å². The summed E-state index contributed by atoms with van der Waals surface area (Å²) in [6, 6.07) is -2.04. The van der Waals surface area contributed by atoms with E-state index in [9.17, 15) is 28.8 Å². The van der Waals surface area contributed by atoms with Gasteiger partial charge in [-0.2, -0.15) is 0 Å². The quantitative estimate of drug-likeness (QED) is 0.132. The van der Waals surface area contributed by atoms with Crippen molar-refractivity contribution >= 4 is 35.4 Å². The summed E-state index contributed by atoms with van der Waals surface area (Å²) in [5, 5.41) is 10.1. The van der Waals surface area contributed by atoms with E-state index in [2.05, 4.69) is 21.3 Å². The molecule has 12 heteroatoms. The highest BCUT2D eigenvalue weighted by Gasteiger charge is 2.27. The third kappa shape index (κ3) is 17.1. The Kier molecular flexibility index (Phi) is 17.9. The monoisotopic (exact) mass is 502 g/mol. The molecule has 0 radical (unpaired) electrons. The van der Waals surface area contributed by atoms with Crippen molar-refractivity contribution in [2.75, 3.05) is 20.5 Å². The maximum absolute atomic E-state index is 12.5. The summed E-state index contributed by atoms with van der Waals surface area (Å²) in [4.78, 5) is 71.6. The predicted octanol–water partition coefficient (Wildman–Crippen LogP) is 0.391. The van der Waals surface area contributed by atoms with E-state index in [4.69, 9.17) is 9.47 Å². The number of ketones is 1. The van der Waals surface area contributed by atoms with Gasteiger partial charge in [-0.05, 0) is 38.6 Å². The molecule has 0 aromatic rings. The summed E-state index contributed by atoms with van der Waals surface area (Å²) in [6.45, 7) is 8.10. The number of hydrogen-bond acceptors (Lipinski definition) is 9. The van der Waals surface area contributed by atoms with Crippen molar-refractivity contribution in [3.63, 3.8) is 0 Å². The second kappa shape index (κ2) is 18.3. The van der Waals surface area contributed by atoms with Gasteiger partial charge in [0.2, 0.25) is 24.5 Å². The minimum atomic E-state index is -1.04. The summed E-state index contributed by atoms with van der Waals surface area (Å²) in [6.07, 6.45) is -0.318. The van der Waals surface area contributed by atoms with Crippen LogP contribution in [0.2, 0.25) is 0 Å². The topological polar surface area (TPSA) is 169 Å². The fraction of sp³-hybridized carbons (Fsp3) is 0.739. The SMILES string of the molecule is C.CNCNC(=O)CC(=O)NC(CC(C)C)C(=O)OCOC(=O)C(CC(C)C)NC(=O)CC(C)=O. The summed E-state index contributed by atoms with van der Waals surface area (Å²) >= 11 is 0. The van der Waals surface area contributed by atoms with Gasteiger partial charge in [-0.15, -0.1) is 0 Å². The van der Waals surface area contributed by atoms with Crippen LogP contribution >= 0.6 is 0 Å². The number of Topliss-reactive ketones (excluding diaryl/α,β-unsaturated/α-hetero) is 1. The third-order valence-corrected chi connectivity index (χ3v) is 4.25. The van der Waals surface area contributed by atoms with E-state index in [0.717, 1.165) is 0 Å². The predicted molar refractivity (Wildman–Crippen MR) is 129 cm³/mol. The van der Waals surface area contributed by atoms with Gasteiger partial charge in [-0.3, -0.25) is 19.2 Å². The Morgan fingerprint density at radius 3 is 1.51 bits per heavy atom. The zero-order chi connectivity index (χ0) is 26.3. The molecule has 0 bridgehead atoms. The fourth-order valence-electron chi connectivity index (χ4n) is 2.83. The second-order valence-electron chi connectivity index (χ2n) is 8.73. The molecule has 12 nitrogen and oxygen atoms in total.